The van der Waals surface area contributed by atoms with E-state index in [-0.39, 0.29) is 5.91 Å². The van der Waals surface area contributed by atoms with Crippen molar-refractivity contribution < 1.29 is 9.53 Å². The van der Waals surface area contributed by atoms with E-state index in [1.807, 2.05) is 18.2 Å². The van der Waals surface area contributed by atoms with Gasteiger partial charge in [0.1, 0.15) is 10.1 Å². The third-order valence-electron chi connectivity index (χ3n) is 2.39. The van der Waals surface area contributed by atoms with Crippen LogP contribution in [0.3, 0.4) is 0 Å². The molecule has 0 spiro atoms. The SMILES string of the molecule is COc1ccc(C=C2SC(=S)NC2=O)cc1CCl. The number of rotatable bonds is 3. The van der Waals surface area contributed by atoms with E-state index < -0.39 is 0 Å². The Balaban J connectivity index is 2.32. The summed E-state index contributed by atoms with van der Waals surface area (Å²) in [6.45, 7) is 0. The van der Waals surface area contributed by atoms with Gasteiger partial charge in [-0.3, -0.25) is 4.79 Å². The summed E-state index contributed by atoms with van der Waals surface area (Å²) in [5.74, 6) is 0.942. The molecule has 2 rings (SSSR count). The Morgan fingerprint density at radius 1 is 1.56 bits per heavy atom. The highest BCUT2D eigenvalue weighted by atomic mass is 35.5. The summed E-state index contributed by atoms with van der Waals surface area (Å²) in [7, 11) is 1.60. The number of hydrogen-bond acceptors (Lipinski definition) is 4. The van der Waals surface area contributed by atoms with E-state index in [0.717, 1.165) is 16.9 Å². The van der Waals surface area contributed by atoms with Crippen molar-refractivity contribution in [1.29, 1.82) is 0 Å². The van der Waals surface area contributed by atoms with Crippen molar-refractivity contribution in [2.45, 2.75) is 5.88 Å². The second-order valence-electron chi connectivity index (χ2n) is 3.56. The molecular weight excluding hydrogens is 290 g/mol. The molecule has 1 aliphatic rings. The lowest BCUT2D eigenvalue weighted by atomic mass is 10.1. The second kappa shape index (κ2) is 5.73. The summed E-state index contributed by atoms with van der Waals surface area (Å²) in [4.78, 5) is 12.1. The number of benzene rings is 1. The number of ether oxygens (including phenoxy) is 1. The predicted molar refractivity (Wildman–Crippen MR) is 78.9 cm³/mol. The quantitative estimate of drug-likeness (QED) is 0.529. The molecule has 0 aliphatic carbocycles. The molecule has 1 aliphatic heterocycles. The van der Waals surface area contributed by atoms with Gasteiger partial charge in [-0.25, -0.2) is 0 Å². The highest BCUT2D eigenvalue weighted by Gasteiger charge is 2.21. The number of thioether (sulfide) groups is 1. The molecule has 1 aromatic rings. The standard InChI is InChI=1S/C12H10ClNO2S2/c1-16-9-3-2-7(4-8(9)6-13)5-10-11(15)14-12(17)18-10/h2-5H,6H2,1H3,(H,14,15,17). The third kappa shape index (κ3) is 2.85. The third-order valence-corrected chi connectivity index (χ3v) is 3.84. The largest absolute Gasteiger partial charge is 0.496 e. The van der Waals surface area contributed by atoms with Gasteiger partial charge < -0.3 is 10.1 Å². The Morgan fingerprint density at radius 3 is 2.89 bits per heavy atom. The minimum Gasteiger partial charge on any atom is -0.496 e. The molecule has 0 aromatic heterocycles. The van der Waals surface area contributed by atoms with Crippen LogP contribution in [-0.4, -0.2) is 17.3 Å². The fraction of sp³-hybridized carbons (Fsp3) is 0.167. The number of nitrogens with one attached hydrogen (secondary N) is 1. The Hall–Kier alpha value is -1.04. The summed E-state index contributed by atoms with van der Waals surface area (Å²) in [6.07, 6.45) is 1.79. The highest BCUT2D eigenvalue weighted by Crippen LogP contribution is 2.28. The molecule has 1 fully saturated rings. The fourth-order valence-electron chi connectivity index (χ4n) is 1.57. The lowest BCUT2D eigenvalue weighted by Gasteiger charge is -2.06. The molecule has 3 nitrogen and oxygen atoms in total. The molecule has 0 bridgehead atoms. The Labute approximate surface area is 120 Å². The summed E-state index contributed by atoms with van der Waals surface area (Å²) in [5.41, 5.74) is 1.79. The van der Waals surface area contributed by atoms with Crippen LogP contribution in [0.5, 0.6) is 5.75 Å². The van der Waals surface area contributed by atoms with E-state index in [2.05, 4.69) is 5.32 Å². The van der Waals surface area contributed by atoms with Crippen molar-refractivity contribution in [2.75, 3.05) is 7.11 Å². The molecule has 0 saturated carbocycles. The summed E-state index contributed by atoms with van der Waals surface area (Å²) >= 11 is 12.0. The smallest absolute Gasteiger partial charge is 0.263 e. The minimum absolute atomic E-state index is 0.159. The molecule has 94 valence electrons. The molecule has 0 radical (unpaired) electrons. The van der Waals surface area contributed by atoms with Crippen molar-refractivity contribution in [3.05, 3.63) is 34.2 Å². The van der Waals surface area contributed by atoms with Gasteiger partial charge in [-0.1, -0.05) is 30.0 Å². The van der Waals surface area contributed by atoms with Crippen LogP contribution in [0.15, 0.2) is 23.1 Å². The average Bonchev–Trinajstić information content (AvgIpc) is 2.67. The van der Waals surface area contributed by atoms with E-state index >= 15 is 0 Å². The number of halogens is 1. The van der Waals surface area contributed by atoms with Crippen molar-refractivity contribution >= 4 is 51.9 Å². The van der Waals surface area contributed by atoms with E-state index in [1.165, 1.54) is 11.8 Å². The molecule has 0 atom stereocenters. The van der Waals surface area contributed by atoms with Gasteiger partial charge in [-0.15, -0.1) is 11.6 Å². The van der Waals surface area contributed by atoms with Crippen molar-refractivity contribution in [3.8, 4) is 5.75 Å². The van der Waals surface area contributed by atoms with Crippen LogP contribution in [0.2, 0.25) is 0 Å². The summed E-state index contributed by atoms with van der Waals surface area (Å²) in [6, 6.07) is 5.60. The van der Waals surface area contributed by atoms with Crippen LogP contribution in [-0.2, 0) is 10.7 Å². The van der Waals surface area contributed by atoms with Crippen LogP contribution in [0, 0.1) is 0 Å². The van der Waals surface area contributed by atoms with Gasteiger partial charge in [-0.2, -0.15) is 0 Å². The van der Waals surface area contributed by atoms with Crippen LogP contribution in [0.4, 0.5) is 0 Å². The van der Waals surface area contributed by atoms with E-state index in [0.29, 0.717) is 15.1 Å². The fourth-order valence-corrected chi connectivity index (χ4v) is 2.82. The van der Waals surface area contributed by atoms with Crippen LogP contribution in [0.25, 0.3) is 6.08 Å². The molecule has 1 saturated heterocycles. The zero-order valence-electron chi connectivity index (χ0n) is 9.53. The van der Waals surface area contributed by atoms with Gasteiger partial charge >= 0.3 is 0 Å². The summed E-state index contributed by atoms with van der Waals surface area (Å²) < 4.78 is 5.67. The molecule has 18 heavy (non-hydrogen) atoms. The Bertz CT molecular complexity index is 543. The van der Waals surface area contributed by atoms with Crippen molar-refractivity contribution in [2.24, 2.45) is 0 Å². The minimum atomic E-state index is -0.159. The van der Waals surface area contributed by atoms with Crippen molar-refractivity contribution in [3.63, 3.8) is 0 Å². The molecule has 0 unspecified atom stereocenters. The van der Waals surface area contributed by atoms with Gasteiger partial charge in [0.05, 0.1) is 17.9 Å². The number of thiocarbonyl (C=S) groups is 1. The normalized spacial score (nSPS) is 17.1. The molecular formula is C12H10ClNO2S2. The van der Waals surface area contributed by atoms with Gasteiger partial charge in [0, 0.05) is 5.56 Å². The first-order valence-electron chi connectivity index (χ1n) is 5.12. The molecule has 1 amide bonds. The van der Waals surface area contributed by atoms with E-state index in [9.17, 15) is 4.79 Å². The maximum Gasteiger partial charge on any atom is 0.263 e. The first kappa shape index (κ1) is 13.4. The van der Waals surface area contributed by atoms with E-state index in [1.54, 1.807) is 13.2 Å². The molecule has 1 aromatic carbocycles. The van der Waals surface area contributed by atoms with Gasteiger partial charge in [-0.05, 0) is 23.8 Å². The number of alkyl halides is 1. The second-order valence-corrected chi connectivity index (χ2v) is 5.54. The molecule has 1 heterocycles. The van der Waals surface area contributed by atoms with Crippen LogP contribution in [0.1, 0.15) is 11.1 Å². The average molecular weight is 300 g/mol. The van der Waals surface area contributed by atoms with E-state index in [4.69, 9.17) is 28.6 Å². The van der Waals surface area contributed by atoms with Crippen molar-refractivity contribution in [1.82, 2.24) is 5.32 Å². The first-order chi connectivity index (χ1) is 8.63. The topological polar surface area (TPSA) is 38.3 Å². The number of carbonyl (C=O) groups excluding carboxylic acids is 1. The zero-order chi connectivity index (χ0) is 13.1. The number of amides is 1. The molecule has 1 N–H and O–H groups in total. The zero-order valence-corrected chi connectivity index (χ0v) is 11.9. The number of hydrogen-bond donors (Lipinski definition) is 1. The Morgan fingerprint density at radius 2 is 2.33 bits per heavy atom. The lowest BCUT2D eigenvalue weighted by Crippen LogP contribution is -2.17. The maximum atomic E-state index is 11.5. The van der Waals surface area contributed by atoms with Crippen LogP contribution < -0.4 is 10.1 Å². The van der Waals surface area contributed by atoms with Gasteiger partial charge in [0.15, 0.2) is 0 Å². The highest BCUT2D eigenvalue weighted by molar-refractivity contribution is 8.26. The number of methoxy groups -OCH3 is 1. The maximum absolute atomic E-state index is 11.5. The number of carbonyl (C=O) groups is 1. The lowest BCUT2D eigenvalue weighted by molar-refractivity contribution is -0.115. The molecule has 6 heteroatoms. The van der Waals surface area contributed by atoms with Crippen LogP contribution >= 0.6 is 35.6 Å². The van der Waals surface area contributed by atoms with Gasteiger partial charge in [0.2, 0.25) is 0 Å². The summed E-state index contributed by atoms with van der Waals surface area (Å²) in [5, 5.41) is 2.57. The monoisotopic (exact) mass is 299 g/mol. The van der Waals surface area contributed by atoms with Gasteiger partial charge in [0.25, 0.3) is 5.91 Å². The first-order valence-corrected chi connectivity index (χ1v) is 6.87. The Kier molecular flexibility index (Phi) is 4.27. The predicted octanol–water partition coefficient (Wildman–Crippen LogP) is 2.92.